The quantitative estimate of drug-likeness (QED) is 0.284. The Morgan fingerprint density at radius 2 is 0.679 bits per heavy atom. The van der Waals surface area contributed by atoms with E-state index in [2.05, 4.69) is 44.9 Å². The van der Waals surface area contributed by atoms with E-state index in [9.17, 15) is 19.2 Å². The van der Waals surface area contributed by atoms with Crippen LogP contribution >= 0.6 is 0 Å². The van der Waals surface area contributed by atoms with Crippen LogP contribution in [-0.2, 0) is 35.6 Å². The Kier molecular flexibility index (Phi) is 7.80. The zero-order chi connectivity index (χ0) is 21.3. The molecule has 1 aliphatic rings. The summed E-state index contributed by atoms with van der Waals surface area (Å²) in [5, 5.41) is 0. The van der Waals surface area contributed by atoms with Crippen molar-refractivity contribution >= 4 is 59.2 Å². The van der Waals surface area contributed by atoms with Crippen LogP contribution in [0.3, 0.4) is 0 Å². The smallest absolute Gasteiger partial charge is 0.373 e. The van der Waals surface area contributed by atoms with E-state index in [-0.39, 0.29) is 0 Å². The standard InChI is InChI=1S/C12H12N4O8Si4/c1-5-25(13-9-17)21-26(6-2,14-10-18)23-28(8-4,16-12-20)24-27(7-3,22-25)15-11-19/h5-8H,1-4H2. The molecule has 12 nitrogen and oxygen atoms in total. The van der Waals surface area contributed by atoms with Crippen molar-refractivity contribution in [2.45, 2.75) is 0 Å². The monoisotopic (exact) mass is 452 g/mol. The fourth-order valence-electron chi connectivity index (χ4n) is 1.87. The van der Waals surface area contributed by atoms with Crippen LogP contribution in [0.2, 0.25) is 0 Å². The minimum atomic E-state index is -4.23. The zero-order valence-electron chi connectivity index (χ0n) is 14.2. The van der Waals surface area contributed by atoms with Gasteiger partial charge in [0.05, 0.1) is 0 Å². The summed E-state index contributed by atoms with van der Waals surface area (Å²) in [6.45, 7) is 14.0. The molecule has 0 unspecified atom stereocenters. The molecule has 1 rings (SSSR count). The van der Waals surface area contributed by atoms with Crippen molar-refractivity contribution in [3.63, 3.8) is 0 Å². The van der Waals surface area contributed by atoms with Crippen LogP contribution in [0.15, 0.2) is 67.7 Å². The second-order valence-corrected chi connectivity index (χ2v) is 15.4. The van der Waals surface area contributed by atoms with Gasteiger partial charge in [0.2, 0.25) is 24.3 Å². The van der Waals surface area contributed by atoms with Crippen LogP contribution in [0.4, 0.5) is 0 Å². The Morgan fingerprint density at radius 3 is 0.786 bits per heavy atom. The van der Waals surface area contributed by atoms with E-state index in [4.69, 9.17) is 16.5 Å². The molecule has 0 radical (unpaired) electrons. The summed E-state index contributed by atoms with van der Waals surface area (Å²) in [5.74, 6) is 0. The fourth-order valence-corrected chi connectivity index (χ4v) is 15.7. The van der Waals surface area contributed by atoms with Crippen LogP contribution in [0.25, 0.3) is 0 Å². The third-order valence-electron chi connectivity index (χ3n) is 3.01. The minimum Gasteiger partial charge on any atom is -0.373 e. The first kappa shape index (κ1) is 23.2. The summed E-state index contributed by atoms with van der Waals surface area (Å²) in [7, 11) is -16.9. The molecular formula is C12H12N4O8Si4. The van der Waals surface area contributed by atoms with E-state index in [1.807, 2.05) is 0 Å². The highest BCUT2D eigenvalue weighted by Gasteiger charge is 2.64. The average Bonchev–Trinajstić information content (AvgIpc) is 2.67. The van der Waals surface area contributed by atoms with Gasteiger partial charge in [-0.25, -0.2) is 19.2 Å². The molecule has 0 aromatic carbocycles. The zero-order valence-corrected chi connectivity index (χ0v) is 18.2. The Labute approximate surface area is 163 Å². The van der Waals surface area contributed by atoms with Gasteiger partial charge in [-0.15, -0.1) is 26.3 Å². The van der Waals surface area contributed by atoms with Crippen molar-refractivity contribution in [1.29, 1.82) is 0 Å². The van der Waals surface area contributed by atoms with Crippen molar-refractivity contribution < 1.29 is 35.6 Å². The van der Waals surface area contributed by atoms with Crippen LogP contribution in [0.1, 0.15) is 0 Å². The van der Waals surface area contributed by atoms with E-state index in [0.29, 0.717) is 0 Å². The number of rotatable bonds is 8. The fraction of sp³-hybridized carbons (Fsp3) is 0. The van der Waals surface area contributed by atoms with Gasteiger partial charge in [0, 0.05) is 0 Å². The van der Waals surface area contributed by atoms with E-state index < -0.39 is 34.9 Å². The predicted molar refractivity (Wildman–Crippen MR) is 101 cm³/mol. The lowest BCUT2D eigenvalue weighted by Gasteiger charge is -2.41. The van der Waals surface area contributed by atoms with Gasteiger partial charge >= 0.3 is 34.9 Å². The molecule has 0 amide bonds. The molecule has 144 valence electrons. The normalized spacial score (nSPS) is 34.3. The Bertz CT molecular complexity index is 732. The minimum absolute atomic E-state index is 1.01. The molecular weight excluding hydrogens is 440 g/mol. The molecule has 0 atom stereocenters. The molecule has 1 fully saturated rings. The first-order valence-corrected chi connectivity index (χ1v) is 14.4. The maximum atomic E-state index is 11.0. The second kappa shape index (κ2) is 9.40. The lowest BCUT2D eigenvalue weighted by atomic mass is 11.3. The molecule has 0 aromatic rings. The number of nitrogens with zero attached hydrogens (tertiary/aromatic N) is 4. The molecule has 1 heterocycles. The summed E-state index contributed by atoms with van der Waals surface area (Å²) in [6.07, 6.45) is 5.00. The van der Waals surface area contributed by atoms with E-state index >= 15 is 0 Å². The lowest BCUT2D eigenvalue weighted by Crippen LogP contribution is -2.67. The number of hydrogen-bond donors (Lipinski definition) is 0. The van der Waals surface area contributed by atoms with Gasteiger partial charge in [-0.05, 0) is 22.8 Å². The van der Waals surface area contributed by atoms with Gasteiger partial charge in [-0.3, -0.25) is 0 Å². The molecule has 0 spiro atoms. The van der Waals surface area contributed by atoms with Gasteiger partial charge in [0.25, 0.3) is 0 Å². The summed E-state index contributed by atoms with van der Waals surface area (Å²) < 4.78 is 36.8. The molecule has 0 saturated carbocycles. The second-order valence-electron chi connectivity index (χ2n) is 4.56. The van der Waals surface area contributed by atoms with Crippen molar-refractivity contribution in [3.8, 4) is 0 Å². The van der Waals surface area contributed by atoms with Gasteiger partial charge in [-0.2, -0.15) is 18.6 Å². The number of carbonyl (C=O) groups excluding carboxylic acids is 4. The SMILES string of the molecule is C=C[Si]1(N=C=O)O[Si](C=C)(N=C=O)O[Si](C=C)(N=C=O)O[Si](C=C)(N=C=O)O1. The van der Waals surface area contributed by atoms with Gasteiger partial charge in [0.1, 0.15) is 0 Å². The Morgan fingerprint density at radius 1 is 0.500 bits per heavy atom. The van der Waals surface area contributed by atoms with Crippen LogP contribution in [0.5, 0.6) is 0 Å². The molecule has 1 saturated heterocycles. The van der Waals surface area contributed by atoms with E-state index in [1.165, 1.54) is 24.3 Å². The molecule has 28 heavy (non-hydrogen) atoms. The molecule has 0 bridgehead atoms. The largest absolute Gasteiger partial charge is 0.501 e. The molecule has 0 aromatic heterocycles. The molecule has 0 aliphatic carbocycles. The lowest BCUT2D eigenvalue weighted by molar-refractivity contribution is 0.239. The number of isocyanates is 4. The molecule has 16 heteroatoms. The first-order chi connectivity index (χ1) is 13.3. The number of hydrogen-bond acceptors (Lipinski definition) is 12. The van der Waals surface area contributed by atoms with E-state index in [0.717, 1.165) is 22.8 Å². The van der Waals surface area contributed by atoms with Gasteiger partial charge < -0.3 is 16.5 Å². The predicted octanol–water partition coefficient (Wildman–Crippen LogP) is 0.0660. The van der Waals surface area contributed by atoms with Crippen molar-refractivity contribution in [2.75, 3.05) is 0 Å². The van der Waals surface area contributed by atoms with Crippen molar-refractivity contribution in [2.24, 2.45) is 18.6 Å². The molecule has 1 aliphatic heterocycles. The average molecular weight is 453 g/mol. The van der Waals surface area contributed by atoms with Crippen molar-refractivity contribution in [1.82, 2.24) is 0 Å². The van der Waals surface area contributed by atoms with Gasteiger partial charge in [-0.1, -0.05) is 0 Å². The maximum absolute atomic E-state index is 11.0. The highest BCUT2D eigenvalue weighted by molar-refractivity contribution is 6.98. The summed E-state index contributed by atoms with van der Waals surface area (Å²) in [6, 6.07) is 0. The van der Waals surface area contributed by atoms with E-state index in [1.54, 1.807) is 0 Å². The van der Waals surface area contributed by atoms with Crippen LogP contribution in [0, 0.1) is 0 Å². The third kappa shape index (κ3) is 4.72. The summed E-state index contributed by atoms with van der Waals surface area (Å²) >= 11 is 0. The topological polar surface area (TPSA) is 155 Å². The maximum Gasteiger partial charge on any atom is 0.501 e. The van der Waals surface area contributed by atoms with Crippen molar-refractivity contribution in [3.05, 3.63) is 49.1 Å². The van der Waals surface area contributed by atoms with Gasteiger partial charge in [0.15, 0.2) is 0 Å². The highest BCUT2D eigenvalue weighted by Crippen LogP contribution is 2.34. The summed E-state index contributed by atoms with van der Waals surface area (Å²) in [5.41, 5.74) is 4.03. The first-order valence-electron chi connectivity index (χ1n) is 7.03. The molecule has 0 N–H and O–H groups in total. The Balaban J connectivity index is 3.96. The summed E-state index contributed by atoms with van der Waals surface area (Å²) in [4.78, 5) is 43.9. The highest BCUT2D eigenvalue weighted by atomic mass is 28.5. The third-order valence-corrected chi connectivity index (χ3v) is 16.0. The van der Waals surface area contributed by atoms with Crippen LogP contribution < -0.4 is 0 Å². The van der Waals surface area contributed by atoms with Crippen LogP contribution in [-0.4, -0.2) is 59.2 Å². The Hall–Kier alpha value is -2.81.